The molecule has 12 heteroatoms. The summed E-state index contributed by atoms with van der Waals surface area (Å²) >= 11 is 0. The van der Waals surface area contributed by atoms with Crippen molar-refractivity contribution in [1.29, 1.82) is 0 Å². The quantitative estimate of drug-likeness (QED) is 0.367. The molecule has 41 heavy (non-hydrogen) atoms. The molecule has 0 aliphatic carbocycles. The molecule has 0 unspecified atom stereocenters. The number of aliphatic hydroxyl groups excluding tert-OH is 1. The summed E-state index contributed by atoms with van der Waals surface area (Å²) in [6.07, 6.45) is -0.640. The number of carbonyl (C=O) groups excluding carboxylic acids is 2. The fraction of sp³-hybridized carbons (Fsp3) is 0.310. The van der Waals surface area contributed by atoms with Crippen molar-refractivity contribution >= 4 is 33.3 Å². The van der Waals surface area contributed by atoms with Crippen LogP contribution >= 0.6 is 0 Å². The molecule has 0 saturated carbocycles. The first-order valence-corrected chi connectivity index (χ1v) is 14.5. The number of benzene rings is 3. The third kappa shape index (κ3) is 7.02. The lowest BCUT2D eigenvalue weighted by molar-refractivity contribution is 0.0387. The summed E-state index contributed by atoms with van der Waals surface area (Å²) in [6, 6.07) is 16.8. The number of likely N-dealkylation sites (N-methyl/N-ethyl adjacent to an activating group) is 1. The lowest BCUT2D eigenvalue weighted by atomic mass is 9.99. The van der Waals surface area contributed by atoms with E-state index >= 15 is 0 Å². The highest BCUT2D eigenvalue weighted by Crippen LogP contribution is 2.31. The largest absolute Gasteiger partial charge is 0.488 e. The van der Waals surface area contributed by atoms with Crippen LogP contribution in [0.2, 0.25) is 0 Å². The number of nitrogens with one attached hydrogen (secondary N) is 2. The van der Waals surface area contributed by atoms with Gasteiger partial charge in [-0.2, -0.15) is 4.31 Å². The lowest BCUT2D eigenvalue weighted by Gasteiger charge is -2.38. The summed E-state index contributed by atoms with van der Waals surface area (Å²) in [6.45, 7) is 3.50. The predicted molar refractivity (Wildman–Crippen MR) is 153 cm³/mol. The number of rotatable bonds is 8. The Hall–Kier alpha value is -4.00. The number of carbonyl (C=O) groups is 2. The third-order valence-corrected chi connectivity index (χ3v) is 8.75. The topological polar surface area (TPSA) is 128 Å². The summed E-state index contributed by atoms with van der Waals surface area (Å²) in [7, 11) is -2.32. The Morgan fingerprint density at radius 3 is 2.39 bits per heavy atom. The molecular formula is C29H33FN4O6S. The van der Waals surface area contributed by atoms with Gasteiger partial charge in [-0.15, -0.1) is 0 Å². The molecule has 3 amide bonds. The molecule has 0 aromatic heterocycles. The summed E-state index contributed by atoms with van der Waals surface area (Å²) in [4.78, 5) is 27.9. The molecule has 10 nitrogen and oxygen atoms in total. The standard InChI is InChI=1S/C29H33FN4O6S/c1-19-16-34(20(2)18-35)28(36)25-15-23(32-29(37)31-22-11-9-21(30)10-12-22)13-14-26(25)40-27(19)17-33(3)41(38,39)24-7-5-4-6-8-24/h4-15,19-20,27,35H,16-18H2,1-3H3,(H2,31,32,37)/t19-,20-,27-/m0/s1. The smallest absolute Gasteiger partial charge is 0.323 e. The second kappa shape index (κ2) is 12.7. The van der Waals surface area contributed by atoms with Gasteiger partial charge in [0, 0.05) is 30.9 Å². The van der Waals surface area contributed by atoms with Crippen molar-refractivity contribution in [2.45, 2.75) is 30.9 Å². The van der Waals surface area contributed by atoms with Gasteiger partial charge < -0.3 is 25.4 Å². The van der Waals surface area contributed by atoms with Crippen LogP contribution in [-0.2, 0) is 10.0 Å². The molecule has 4 rings (SSSR count). The zero-order valence-corrected chi connectivity index (χ0v) is 23.8. The van der Waals surface area contributed by atoms with Crippen molar-refractivity contribution in [3.05, 3.63) is 84.2 Å². The number of sulfonamides is 1. The van der Waals surface area contributed by atoms with Gasteiger partial charge in [0.25, 0.3) is 5.91 Å². The van der Waals surface area contributed by atoms with Crippen molar-refractivity contribution < 1.29 is 32.2 Å². The van der Waals surface area contributed by atoms with Crippen molar-refractivity contribution in [2.24, 2.45) is 5.92 Å². The Kier molecular flexibility index (Phi) is 9.26. The number of hydrogen-bond acceptors (Lipinski definition) is 6. The fourth-order valence-electron chi connectivity index (χ4n) is 4.47. The SMILES string of the molecule is C[C@H]1CN([C@@H](C)CO)C(=O)c2cc(NC(=O)Nc3ccc(F)cc3)ccc2O[C@H]1CN(C)S(=O)(=O)c1ccccc1. The third-order valence-electron chi connectivity index (χ3n) is 6.91. The van der Waals surface area contributed by atoms with Crippen LogP contribution in [0.15, 0.2) is 77.7 Å². The number of amides is 3. The van der Waals surface area contributed by atoms with Gasteiger partial charge in [-0.3, -0.25) is 4.79 Å². The van der Waals surface area contributed by atoms with Gasteiger partial charge in [0.15, 0.2) is 0 Å². The van der Waals surface area contributed by atoms with Crippen LogP contribution in [-0.4, -0.2) is 73.6 Å². The number of urea groups is 1. The van der Waals surface area contributed by atoms with E-state index in [2.05, 4.69) is 10.6 Å². The maximum atomic E-state index is 13.6. The van der Waals surface area contributed by atoms with E-state index in [9.17, 15) is 27.5 Å². The Labute approximate surface area is 238 Å². The van der Waals surface area contributed by atoms with Crippen LogP contribution in [0.3, 0.4) is 0 Å². The Balaban J connectivity index is 1.61. The highest BCUT2D eigenvalue weighted by Gasteiger charge is 2.35. The number of anilines is 2. The second-order valence-electron chi connectivity index (χ2n) is 10.0. The maximum absolute atomic E-state index is 13.6. The minimum Gasteiger partial charge on any atom is -0.488 e. The Morgan fingerprint density at radius 1 is 1.10 bits per heavy atom. The molecule has 0 spiro atoms. The highest BCUT2D eigenvalue weighted by molar-refractivity contribution is 7.89. The van der Waals surface area contributed by atoms with E-state index in [4.69, 9.17) is 4.74 Å². The zero-order chi connectivity index (χ0) is 29.7. The molecular weight excluding hydrogens is 551 g/mol. The van der Waals surface area contributed by atoms with Crippen LogP contribution in [0.25, 0.3) is 0 Å². The number of ether oxygens (including phenoxy) is 1. The Morgan fingerprint density at radius 2 is 1.73 bits per heavy atom. The molecule has 3 aromatic rings. The summed E-state index contributed by atoms with van der Waals surface area (Å²) in [5, 5.41) is 15.1. The molecule has 218 valence electrons. The first kappa shape index (κ1) is 30.0. The normalized spacial score (nSPS) is 18.1. The molecule has 0 radical (unpaired) electrons. The van der Waals surface area contributed by atoms with E-state index in [0.717, 1.165) is 0 Å². The van der Waals surface area contributed by atoms with Crippen molar-refractivity contribution in [2.75, 3.05) is 37.4 Å². The van der Waals surface area contributed by atoms with Crippen molar-refractivity contribution in [3.8, 4) is 5.75 Å². The minimum absolute atomic E-state index is 0.00739. The molecule has 3 aromatic carbocycles. The second-order valence-corrected chi connectivity index (χ2v) is 12.1. The molecule has 0 fully saturated rings. The average Bonchev–Trinajstić information content (AvgIpc) is 2.96. The molecule has 1 aliphatic heterocycles. The molecule has 1 aliphatic rings. The van der Waals surface area contributed by atoms with E-state index in [1.165, 1.54) is 58.7 Å². The predicted octanol–water partition coefficient (Wildman–Crippen LogP) is 4.01. The van der Waals surface area contributed by atoms with E-state index in [1.54, 1.807) is 37.3 Å². The van der Waals surface area contributed by atoms with Gasteiger partial charge in [-0.05, 0) is 61.5 Å². The number of aliphatic hydroxyl groups is 1. The van der Waals surface area contributed by atoms with E-state index in [-0.39, 0.29) is 41.8 Å². The molecule has 3 atom stereocenters. The Bertz CT molecular complexity index is 1490. The first-order valence-electron chi connectivity index (χ1n) is 13.1. The van der Waals surface area contributed by atoms with Crippen LogP contribution < -0.4 is 15.4 Å². The van der Waals surface area contributed by atoms with Gasteiger partial charge in [0.05, 0.1) is 29.7 Å². The van der Waals surface area contributed by atoms with E-state index in [1.807, 2.05) is 6.92 Å². The average molecular weight is 585 g/mol. The monoisotopic (exact) mass is 584 g/mol. The van der Waals surface area contributed by atoms with E-state index < -0.39 is 39.9 Å². The van der Waals surface area contributed by atoms with Crippen LogP contribution in [0, 0.1) is 11.7 Å². The number of nitrogens with zero attached hydrogens (tertiary/aromatic N) is 2. The summed E-state index contributed by atoms with van der Waals surface area (Å²) in [5.74, 6) is -0.917. The number of halogens is 1. The molecule has 0 saturated heterocycles. The van der Waals surface area contributed by atoms with Crippen LogP contribution in [0.4, 0.5) is 20.6 Å². The van der Waals surface area contributed by atoms with Gasteiger partial charge in [-0.25, -0.2) is 17.6 Å². The molecule has 0 bridgehead atoms. The minimum atomic E-state index is -3.80. The van der Waals surface area contributed by atoms with Crippen LogP contribution in [0.1, 0.15) is 24.2 Å². The maximum Gasteiger partial charge on any atom is 0.323 e. The van der Waals surface area contributed by atoms with Gasteiger partial charge in [0.2, 0.25) is 10.0 Å². The zero-order valence-electron chi connectivity index (χ0n) is 23.0. The first-order chi connectivity index (χ1) is 19.5. The molecule has 1 heterocycles. The van der Waals surface area contributed by atoms with Crippen LogP contribution in [0.5, 0.6) is 5.75 Å². The van der Waals surface area contributed by atoms with Gasteiger partial charge >= 0.3 is 6.03 Å². The van der Waals surface area contributed by atoms with Crippen molar-refractivity contribution in [1.82, 2.24) is 9.21 Å². The number of fused-ring (bicyclic) bond motifs is 1. The summed E-state index contributed by atoms with van der Waals surface area (Å²) in [5.41, 5.74) is 0.824. The summed E-state index contributed by atoms with van der Waals surface area (Å²) < 4.78 is 47.0. The fourth-order valence-corrected chi connectivity index (χ4v) is 5.67. The van der Waals surface area contributed by atoms with Crippen molar-refractivity contribution in [3.63, 3.8) is 0 Å². The van der Waals surface area contributed by atoms with Gasteiger partial charge in [-0.1, -0.05) is 25.1 Å². The molecule has 3 N–H and O–H groups in total. The van der Waals surface area contributed by atoms with E-state index in [0.29, 0.717) is 11.4 Å². The lowest BCUT2D eigenvalue weighted by Crippen LogP contribution is -2.50. The number of hydrogen-bond donors (Lipinski definition) is 3. The highest BCUT2D eigenvalue weighted by atomic mass is 32.2. The van der Waals surface area contributed by atoms with Gasteiger partial charge in [0.1, 0.15) is 17.7 Å².